The lowest BCUT2D eigenvalue weighted by molar-refractivity contribution is -0.150. The average molecular weight is 174 g/mol. The van der Waals surface area contributed by atoms with Crippen molar-refractivity contribution in [2.75, 3.05) is 0 Å². The highest BCUT2D eigenvalue weighted by atomic mass is 19.4. The Balaban J connectivity index is 2.99. The number of rotatable bonds is 0. The van der Waals surface area contributed by atoms with Crippen LogP contribution in [0.15, 0.2) is 29.9 Å². The van der Waals surface area contributed by atoms with E-state index in [4.69, 9.17) is 0 Å². The Hall–Kier alpha value is -1.28. The number of hydrogen-bond donors (Lipinski definition) is 0. The van der Waals surface area contributed by atoms with Crippen molar-refractivity contribution in [2.45, 2.75) is 6.18 Å². The Morgan fingerprint density at radius 1 is 1.33 bits per heavy atom. The summed E-state index contributed by atoms with van der Waals surface area (Å²) in [5, 5.41) is 0. The summed E-state index contributed by atoms with van der Waals surface area (Å²) in [6, 6.07) is 0. The molecule has 4 heteroatoms. The molecule has 0 N–H and O–H groups in total. The van der Waals surface area contributed by atoms with Crippen molar-refractivity contribution in [3.05, 3.63) is 29.9 Å². The summed E-state index contributed by atoms with van der Waals surface area (Å²) < 4.78 is 36.3. The molecule has 0 radical (unpaired) electrons. The maximum Gasteiger partial charge on any atom is 0.399 e. The Kier molecular flexibility index (Phi) is 2.20. The van der Waals surface area contributed by atoms with Crippen molar-refractivity contribution in [3.63, 3.8) is 0 Å². The van der Waals surface area contributed by atoms with E-state index in [1.165, 1.54) is 18.1 Å². The van der Waals surface area contributed by atoms with E-state index < -0.39 is 12.1 Å². The predicted octanol–water partition coefficient (Wildman–Crippen LogP) is 2.05. The Labute approximate surface area is 66.9 Å². The third-order valence-electron chi connectivity index (χ3n) is 1.50. The lowest BCUT2D eigenvalue weighted by atomic mass is 9.95. The lowest BCUT2D eigenvalue weighted by Gasteiger charge is -2.16. The van der Waals surface area contributed by atoms with Crippen LogP contribution in [0.1, 0.15) is 0 Å². The van der Waals surface area contributed by atoms with Crippen LogP contribution in [0.2, 0.25) is 0 Å². The van der Waals surface area contributed by atoms with E-state index in [2.05, 4.69) is 0 Å². The van der Waals surface area contributed by atoms with Gasteiger partial charge in [0.05, 0.1) is 5.57 Å². The molecule has 12 heavy (non-hydrogen) atoms. The Morgan fingerprint density at radius 2 is 2.00 bits per heavy atom. The van der Waals surface area contributed by atoms with Gasteiger partial charge in [-0.05, 0) is 6.08 Å². The van der Waals surface area contributed by atoms with Crippen LogP contribution in [0.3, 0.4) is 0 Å². The second-order valence-electron chi connectivity index (χ2n) is 2.32. The van der Waals surface area contributed by atoms with Crippen LogP contribution in [-0.4, -0.2) is 12.1 Å². The standard InChI is InChI=1S/C8H5F3O/c9-8(10,11)7-4-2-1-3-6(7)5-12/h1-4,7H. The summed E-state index contributed by atoms with van der Waals surface area (Å²) in [4.78, 5) is 10.1. The van der Waals surface area contributed by atoms with E-state index in [1.54, 1.807) is 0 Å². The molecule has 1 nitrogen and oxygen atoms in total. The van der Waals surface area contributed by atoms with Gasteiger partial charge in [-0.25, -0.2) is 4.79 Å². The van der Waals surface area contributed by atoms with E-state index in [0.29, 0.717) is 0 Å². The molecular weight excluding hydrogens is 169 g/mol. The molecule has 1 aliphatic rings. The predicted molar refractivity (Wildman–Crippen MR) is 37.0 cm³/mol. The molecular formula is C8H5F3O. The van der Waals surface area contributed by atoms with Crippen LogP contribution >= 0.6 is 0 Å². The largest absolute Gasteiger partial charge is 0.399 e. The fourth-order valence-corrected chi connectivity index (χ4v) is 0.925. The maximum atomic E-state index is 12.1. The zero-order chi connectivity index (χ0) is 9.19. The van der Waals surface area contributed by atoms with Gasteiger partial charge in [-0.15, -0.1) is 0 Å². The molecule has 1 atom stereocenters. The third kappa shape index (κ3) is 1.66. The fourth-order valence-electron chi connectivity index (χ4n) is 0.925. The minimum atomic E-state index is -4.39. The first-order chi connectivity index (χ1) is 5.55. The van der Waals surface area contributed by atoms with Gasteiger partial charge in [-0.1, -0.05) is 18.2 Å². The summed E-state index contributed by atoms with van der Waals surface area (Å²) in [5.41, 5.74) is -0.370. The van der Waals surface area contributed by atoms with Crippen molar-refractivity contribution < 1.29 is 18.0 Å². The van der Waals surface area contributed by atoms with Gasteiger partial charge in [-0.3, -0.25) is 0 Å². The summed E-state index contributed by atoms with van der Waals surface area (Å²) in [7, 11) is 0. The SMILES string of the molecule is O=C=C1C=CC=CC1C(F)(F)F. The highest BCUT2D eigenvalue weighted by Gasteiger charge is 2.40. The molecule has 1 aliphatic carbocycles. The lowest BCUT2D eigenvalue weighted by Crippen LogP contribution is -2.23. The smallest absolute Gasteiger partial charge is 0.233 e. The topological polar surface area (TPSA) is 17.1 Å². The van der Waals surface area contributed by atoms with Gasteiger partial charge in [0.1, 0.15) is 11.9 Å². The maximum absolute atomic E-state index is 12.1. The zero-order valence-corrected chi connectivity index (χ0v) is 5.93. The fraction of sp³-hybridized carbons (Fsp3) is 0.250. The highest BCUT2D eigenvalue weighted by Crippen LogP contribution is 2.33. The molecule has 0 saturated carbocycles. The quantitative estimate of drug-likeness (QED) is 0.513. The summed E-state index contributed by atoms with van der Waals surface area (Å²) in [6.07, 6.45) is 0.293. The van der Waals surface area contributed by atoms with Crippen LogP contribution in [0.4, 0.5) is 13.2 Å². The molecule has 64 valence electrons. The van der Waals surface area contributed by atoms with E-state index in [9.17, 15) is 18.0 Å². The Bertz CT molecular complexity index is 279. The molecule has 0 spiro atoms. The number of alkyl halides is 3. The van der Waals surface area contributed by atoms with Crippen molar-refractivity contribution in [3.8, 4) is 0 Å². The zero-order valence-electron chi connectivity index (χ0n) is 5.93. The number of hydrogen-bond acceptors (Lipinski definition) is 1. The second-order valence-corrected chi connectivity index (χ2v) is 2.32. The van der Waals surface area contributed by atoms with Crippen LogP contribution < -0.4 is 0 Å². The molecule has 0 aromatic heterocycles. The number of carbonyl (C=O) groups excluding carboxylic acids is 1. The van der Waals surface area contributed by atoms with Gasteiger partial charge in [-0.2, -0.15) is 13.2 Å². The summed E-state index contributed by atoms with van der Waals surface area (Å²) in [5.74, 6) is -0.523. The molecule has 0 bridgehead atoms. The minimum Gasteiger partial charge on any atom is -0.233 e. The normalized spacial score (nSPS) is 22.6. The van der Waals surface area contributed by atoms with Crippen LogP contribution in [0.25, 0.3) is 0 Å². The average Bonchev–Trinajstić information content (AvgIpc) is 2.03. The molecule has 0 fully saturated rings. The number of allylic oxidation sites excluding steroid dienone is 5. The number of halogens is 3. The molecule has 0 aromatic rings. The minimum absolute atomic E-state index is 0.370. The van der Waals surface area contributed by atoms with E-state index in [0.717, 1.165) is 12.2 Å². The van der Waals surface area contributed by atoms with Crippen LogP contribution in [0, 0.1) is 5.92 Å². The van der Waals surface area contributed by atoms with Gasteiger partial charge < -0.3 is 0 Å². The molecule has 0 saturated heterocycles. The molecule has 0 aromatic carbocycles. The first-order valence-corrected chi connectivity index (χ1v) is 3.22. The first-order valence-electron chi connectivity index (χ1n) is 3.22. The Morgan fingerprint density at radius 3 is 2.42 bits per heavy atom. The monoisotopic (exact) mass is 174 g/mol. The highest BCUT2D eigenvalue weighted by molar-refractivity contribution is 5.61. The molecule has 1 rings (SSSR count). The summed E-state index contributed by atoms with van der Waals surface area (Å²) in [6.45, 7) is 0. The van der Waals surface area contributed by atoms with Crippen LogP contribution in [-0.2, 0) is 4.79 Å². The summed E-state index contributed by atoms with van der Waals surface area (Å²) >= 11 is 0. The van der Waals surface area contributed by atoms with Gasteiger partial charge in [0, 0.05) is 0 Å². The van der Waals surface area contributed by atoms with Gasteiger partial charge >= 0.3 is 6.18 Å². The molecule has 1 unspecified atom stereocenters. The van der Waals surface area contributed by atoms with E-state index in [-0.39, 0.29) is 5.57 Å². The molecule has 0 aliphatic heterocycles. The van der Waals surface area contributed by atoms with Crippen molar-refractivity contribution in [1.29, 1.82) is 0 Å². The van der Waals surface area contributed by atoms with Crippen molar-refractivity contribution in [2.24, 2.45) is 5.92 Å². The van der Waals surface area contributed by atoms with E-state index >= 15 is 0 Å². The van der Waals surface area contributed by atoms with E-state index in [1.807, 2.05) is 0 Å². The van der Waals surface area contributed by atoms with Crippen molar-refractivity contribution >= 4 is 5.94 Å². The molecule has 0 heterocycles. The first kappa shape index (κ1) is 8.81. The van der Waals surface area contributed by atoms with Gasteiger partial charge in [0.15, 0.2) is 0 Å². The van der Waals surface area contributed by atoms with Crippen molar-refractivity contribution in [1.82, 2.24) is 0 Å². The van der Waals surface area contributed by atoms with Crippen LogP contribution in [0.5, 0.6) is 0 Å². The molecule has 0 amide bonds. The second kappa shape index (κ2) is 2.99. The third-order valence-corrected chi connectivity index (χ3v) is 1.50. The van der Waals surface area contributed by atoms with Gasteiger partial charge in [0.25, 0.3) is 0 Å². The van der Waals surface area contributed by atoms with Gasteiger partial charge in [0.2, 0.25) is 0 Å².